The molecule has 0 bridgehead atoms. The molecule has 1 N–H and O–H groups in total. The second kappa shape index (κ2) is 4.57. The van der Waals surface area contributed by atoms with Gasteiger partial charge in [-0.25, -0.2) is 0 Å². The highest BCUT2D eigenvalue weighted by molar-refractivity contribution is 4.97. The van der Waals surface area contributed by atoms with Crippen LogP contribution in [0, 0.1) is 0 Å². The molecule has 0 radical (unpaired) electrons. The van der Waals surface area contributed by atoms with E-state index in [1.807, 2.05) is 0 Å². The van der Waals surface area contributed by atoms with Crippen LogP contribution in [-0.2, 0) is 14.2 Å². The van der Waals surface area contributed by atoms with E-state index in [1.54, 1.807) is 13.8 Å². The molecule has 0 aromatic heterocycles. The number of aliphatic hydroxyl groups excluding tert-OH is 1. The number of azide groups is 1. The summed E-state index contributed by atoms with van der Waals surface area (Å²) in [6.07, 6.45) is -2.36. The predicted octanol–water partition coefficient (Wildman–Crippen LogP) is 0.575. The quantitative estimate of drug-likeness (QED) is 0.404. The van der Waals surface area contributed by atoms with Crippen LogP contribution in [0.2, 0.25) is 0 Å². The van der Waals surface area contributed by atoms with Gasteiger partial charge in [0, 0.05) is 4.91 Å². The Labute approximate surface area is 92.9 Å². The molecule has 2 rings (SSSR count). The molecule has 4 unspecified atom stereocenters. The lowest BCUT2D eigenvalue weighted by Gasteiger charge is -2.45. The zero-order valence-corrected chi connectivity index (χ0v) is 9.18. The summed E-state index contributed by atoms with van der Waals surface area (Å²) in [5.41, 5.74) is 8.43. The number of aliphatic hydroxyl groups is 1. The summed E-state index contributed by atoms with van der Waals surface area (Å²) in [6.45, 7) is 3.90. The van der Waals surface area contributed by atoms with Crippen LogP contribution in [0.4, 0.5) is 0 Å². The molecule has 6 atom stereocenters. The second-order valence-electron chi connectivity index (χ2n) is 4.07. The topological polar surface area (TPSA) is 96.7 Å². The molecule has 2 saturated heterocycles. The Morgan fingerprint density at radius 2 is 2.12 bits per heavy atom. The Morgan fingerprint density at radius 3 is 2.81 bits per heavy atom. The van der Waals surface area contributed by atoms with E-state index in [0.717, 1.165) is 0 Å². The lowest BCUT2D eigenvalue weighted by molar-refractivity contribution is -0.302. The van der Waals surface area contributed by atoms with Crippen molar-refractivity contribution in [2.75, 3.05) is 6.61 Å². The Morgan fingerprint density at radius 1 is 1.38 bits per heavy atom. The van der Waals surface area contributed by atoms with Crippen molar-refractivity contribution in [3.8, 4) is 0 Å². The number of nitrogens with zero attached hydrogens (tertiary/aromatic N) is 3. The maximum atomic E-state index is 10.1. The number of hydrogen-bond acceptors (Lipinski definition) is 5. The van der Waals surface area contributed by atoms with Crippen LogP contribution in [-0.4, -0.2) is 48.5 Å². The minimum Gasteiger partial charge on any atom is -0.390 e. The highest BCUT2D eigenvalue weighted by Crippen LogP contribution is 2.29. The third kappa shape index (κ3) is 2.00. The van der Waals surface area contributed by atoms with Gasteiger partial charge in [0.25, 0.3) is 0 Å². The molecule has 2 heterocycles. The number of rotatable bonds is 1. The van der Waals surface area contributed by atoms with Crippen LogP contribution in [0.25, 0.3) is 10.4 Å². The zero-order valence-electron chi connectivity index (χ0n) is 9.18. The van der Waals surface area contributed by atoms with Gasteiger partial charge >= 0.3 is 0 Å². The molecule has 0 amide bonds. The maximum absolute atomic E-state index is 10.1. The SMILES string of the molecule is CC1OCC2OC(C)C(N=[N+]=[N-])[C@@H](O)[C@H]2O1. The third-order valence-corrected chi connectivity index (χ3v) is 2.95. The average Bonchev–Trinajstić information content (AvgIpc) is 2.26. The molecule has 0 aromatic rings. The second-order valence-corrected chi connectivity index (χ2v) is 4.07. The summed E-state index contributed by atoms with van der Waals surface area (Å²) in [6, 6.07) is -0.614. The normalized spacial score (nSPS) is 47.9. The first-order valence-electron chi connectivity index (χ1n) is 5.28. The molecule has 90 valence electrons. The van der Waals surface area contributed by atoms with Crippen molar-refractivity contribution >= 4 is 0 Å². The molecule has 0 saturated carbocycles. The molecule has 0 spiro atoms. The van der Waals surface area contributed by atoms with Gasteiger partial charge in [-0.15, -0.1) is 0 Å². The Balaban J connectivity index is 2.14. The molecular weight excluding hydrogens is 214 g/mol. The van der Waals surface area contributed by atoms with E-state index in [9.17, 15) is 5.11 Å². The summed E-state index contributed by atoms with van der Waals surface area (Å²) >= 11 is 0. The van der Waals surface area contributed by atoms with Gasteiger partial charge in [0.1, 0.15) is 12.2 Å². The molecule has 16 heavy (non-hydrogen) atoms. The van der Waals surface area contributed by atoms with Gasteiger partial charge < -0.3 is 19.3 Å². The van der Waals surface area contributed by atoms with Crippen molar-refractivity contribution in [1.82, 2.24) is 0 Å². The van der Waals surface area contributed by atoms with E-state index in [0.29, 0.717) is 6.61 Å². The minimum atomic E-state index is -0.851. The zero-order chi connectivity index (χ0) is 11.7. The first-order valence-corrected chi connectivity index (χ1v) is 5.28. The molecule has 7 heteroatoms. The van der Waals surface area contributed by atoms with Crippen molar-refractivity contribution in [2.24, 2.45) is 5.11 Å². The lowest BCUT2D eigenvalue weighted by Crippen LogP contribution is -2.61. The largest absolute Gasteiger partial charge is 0.390 e. The average molecular weight is 229 g/mol. The van der Waals surface area contributed by atoms with Gasteiger partial charge in [-0.1, -0.05) is 5.11 Å². The molecule has 2 fully saturated rings. The monoisotopic (exact) mass is 229 g/mol. The molecule has 7 nitrogen and oxygen atoms in total. The predicted molar refractivity (Wildman–Crippen MR) is 53.6 cm³/mol. The van der Waals surface area contributed by atoms with Gasteiger partial charge in [-0.05, 0) is 19.4 Å². The number of hydrogen-bond donors (Lipinski definition) is 1. The van der Waals surface area contributed by atoms with Crippen LogP contribution in [0.15, 0.2) is 5.11 Å². The smallest absolute Gasteiger partial charge is 0.155 e. The minimum absolute atomic E-state index is 0.300. The summed E-state index contributed by atoms with van der Waals surface area (Å²) in [4.78, 5) is 2.72. The Bertz CT molecular complexity index is 307. The van der Waals surface area contributed by atoms with Crippen LogP contribution >= 0.6 is 0 Å². The highest BCUT2D eigenvalue weighted by atomic mass is 16.7. The first kappa shape index (κ1) is 11.6. The lowest BCUT2D eigenvalue weighted by atomic mass is 9.93. The Kier molecular flexibility index (Phi) is 3.32. The van der Waals surface area contributed by atoms with Crippen molar-refractivity contribution in [2.45, 2.75) is 50.6 Å². The number of fused-ring (bicyclic) bond motifs is 1. The molecule has 2 aliphatic heterocycles. The molecular formula is C9H15N3O4. The maximum Gasteiger partial charge on any atom is 0.155 e. The standard InChI is InChI=1S/C9H15N3O4/c1-4-7(11-12-10)8(13)9-6(15-4)3-14-5(2)16-9/h4-9,13H,3H2,1-2H3/t4?,5?,6?,7?,8-,9+/m1/s1. The van der Waals surface area contributed by atoms with Crippen molar-refractivity contribution in [3.63, 3.8) is 0 Å². The van der Waals surface area contributed by atoms with Crippen LogP contribution in [0.1, 0.15) is 13.8 Å². The van der Waals surface area contributed by atoms with E-state index in [4.69, 9.17) is 19.7 Å². The summed E-state index contributed by atoms with van der Waals surface area (Å²) in [5.74, 6) is 0. The van der Waals surface area contributed by atoms with Crippen LogP contribution in [0.5, 0.6) is 0 Å². The molecule has 0 aromatic carbocycles. The summed E-state index contributed by atoms with van der Waals surface area (Å²) in [7, 11) is 0. The van der Waals surface area contributed by atoms with E-state index >= 15 is 0 Å². The summed E-state index contributed by atoms with van der Waals surface area (Å²) < 4.78 is 16.3. The van der Waals surface area contributed by atoms with E-state index in [1.165, 1.54) is 0 Å². The Hall–Kier alpha value is -0.850. The van der Waals surface area contributed by atoms with Gasteiger partial charge in [0.05, 0.1) is 24.9 Å². The first-order chi connectivity index (χ1) is 7.63. The van der Waals surface area contributed by atoms with Gasteiger partial charge in [0.2, 0.25) is 0 Å². The van der Waals surface area contributed by atoms with Crippen LogP contribution < -0.4 is 0 Å². The van der Waals surface area contributed by atoms with Crippen molar-refractivity contribution < 1.29 is 19.3 Å². The molecule has 0 aliphatic carbocycles. The third-order valence-electron chi connectivity index (χ3n) is 2.95. The van der Waals surface area contributed by atoms with Gasteiger partial charge in [-0.3, -0.25) is 0 Å². The van der Waals surface area contributed by atoms with E-state index in [2.05, 4.69) is 10.0 Å². The fourth-order valence-corrected chi connectivity index (χ4v) is 2.14. The summed E-state index contributed by atoms with van der Waals surface area (Å²) in [5, 5.41) is 13.6. The van der Waals surface area contributed by atoms with Gasteiger partial charge in [-0.2, -0.15) is 0 Å². The van der Waals surface area contributed by atoms with E-state index < -0.39 is 18.2 Å². The van der Waals surface area contributed by atoms with E-state index in [-0.39, 0.29) is 18.5 Å². The van der Waals surface area contributed by atoms with Crippen molar-refractivity contribution in [3.05, 3.63) is 10.4 Å². The van der Waals surface area contributed by atoms with Crippen molar-refractivity contribution in [1.29, 1.82) is 0 Å². The number of ether oxygens (including phenoxy) is 3. The highest BCUT2D eigenvalue weighted by Gasteiger charge is 2.46. The molecule has 2 aliphatic rings. The fraction of sp³-hybridized carbons (Fsp3) is 1.00. The van der Waals surface area contributed by atoms with Crippen LogP contribution in [0.3, 0.4) is 0 Å². The van der Waals surface area contributed by atoms with Gasteiger partial charge in [0.15, 0.2) is 6.29 Å². The fourth-order valence-electron chi connectivity index (χ4n) is 2.14.